The van der Waals surface area contributed by atoms with E-state index in [9.17, 15) is 0 Å². The van der Waals surface area contributed by atoms with Gasteiger partial charge in [-0.3, -0.25) is 0 Å². The standard InChI is InChI=1S/C15H32OSi/c1-8-10-11-13-14(12-9-2)16-17(6,7)15(3,4)5/h9,14H,2,8,10-13H2,1,3-7H3. The summed E-state index contributed by atoms with van der Waals surface area (Å²) in [5, 5.41) is 0.303. The number of rotatable bonds is 8. The summed E-state index contributed by atoms with van der Waals surface area (Å²) in [6, 6.07) is 0. The van der Waals surface area contributed by atoms with Crippen LogP contribution in [0.3, 0.4) is 0 Å². The molecule has 0 radical (unpaired) electrons. The molecule has 0 aromatic rings. The van der Waals surface area contributed by atoms with Gasteiger partial charge >= 0.3 is 0 Å². The Labute approximate surface area is 110 Å². The minimum Gasteiger partial charge on any atom is -0.414 e. The molecule has 102 valence electrons. The molecule has 0 amide bonds. The molecule has 0 aromatic heterocycles. The van der Waals surface area contributed by atoms with Gasteiger partial charge in [-0.25, -0.2) is 0 Å². The van der Waals surface area contributed by atoms with E-state index in [-0.39, 0.29) is 0 Å². The summed E-state index contributed by atoms with van der Waals surface area (Å²) in [7, 11) is -1.61. The molecule has 2 heteroatoms. The van der Waals surface area contributed by atoms with Crippen molar-refractivity contribution in [3.05, 3.63) is 12.7 Å². The maximum absolute atomic E-state index is 6.46. The van der Waals surface area contributed by atoms with Crippen LogP contribution in [0.15, 0.2) is 12.7 Å². The molecular weight excluding hydrogens is 224 g/mol. The zero-order valence-corrected chi connectivity index (χ0v) is 13.8. The van der Waals surface area contributed by atoms with Crippen molar-refractivity contribution < 1.29 is 4.43 Å². The summed E-state index contributed by atoms with van der Waals surface area (Å²) >= 11 is 0. The number of unbranched alkanes of at least 4 members (excludes halogenated alkanes) is 2. The summed E-state index contributed by atoms with van der Waals surface area (Å²) in [4.78, 5) is 0. The molecule has 0 saturated heterocycles. The molecule has 0 saturated carbocycles. The van der Waals surface area contributed by atoms with E-state index in [0.717, 1.165) is 6.42 Å². The van der Waals surface area contributed by atoms with Crippen molar-refractivity contribution >= 4 is 8.32 Å². The minimum atomic E-state index is -1.61. The Hall–Kier alpha value is -0.0831. The zero-order chi connectivity index (χ0) is 13.5. The van der Waals surface area contributed by atoms with Crippen molar-refractivity contribution in [3.63, 3.8) is 0 Å². The van der Waals surface area contributed by atoms with Crippen LogP contribution < -0.4 is 0 Å². The zero-order valence-electron chi connectivity index (χ0n) is 12.8. The van der Waals surface area contributed by atoms with Crippen LogP contribution in [0.1, 0.15) is 59.8 Å². The average molecular weight is 257 g/mol. The lowest BCUT2D eigenvalue weighted by Gasteiger charge is -2.39. The molecule has 0 heterocycles. The van der Waals surface area contributed by atoms with Crippen molar-refractivity contribution in [1.29, 1.82) is 0 Å². The van der Waals surface area contributed by atoms with Gasteiger partial charge in [-0.15, -0.1) is 6.58 Å². The topological polar surface area (TPSA) is 9.23 Å². The van der Waals surface area contributed by atoms with Crippen LogP contribution >= 0.6 is 0 Å². The second-order valence-corrected chi connectivity index (χ2v) is 11.3. The summed E-state index contributed by atoms with van der Waals surface area (Å²) in [6.45, 7) is 17.7. The van der Waals surface area contributed by atoms with E-state index in [0.29, 0.717) is 11.1 Å². The van der Waals surface area contributed by atoms with E-state index in [1.54, 1.807) is 0 Å². The molecule has 1 unspecified atom stereocenters. The van der Waals surface area contributed by atoms with E-state index in [2.05, 4.69) is 47.4 Å². The Balaban J connectivity index is 4.37. The lowest BCUT2D eigenvalue weighted by molar-refractivity contribution is 0.170. The van der Waals surface area contributed by atoms with Crippen LogP contribution in [0.4, 0.5) is 0 Å². The van der Waals surface area contributed by atoms with E-state index >= 15 is 0 Å². The first-order chi connectivity index (χ1) is 7.74. The second kappa shape index (κ2) is 7.37. The first kappa shape index (κ1) is 16.9. The molecule has 0 rings (SSSR count). The molecule has 0 bridgehead atoms. The van der Waals surface area contributed by atoms with Crippen LogP contribution in [0.5, 0.6) is 0 Å². The highest BCUT2D eigenvalue weighted by Crippen LogP contribution is 2.38. The van der Waals surface area contributed by atoms with Crippen molar-refractivity contribution in [3.8, 4) is 0 Å². The molecular formula is C15H32OSi. The Morgan fingerprint density at radius 1 is 1.24 bits per heavy atom. The molecule has 0 N–H and O–H groups in total. The molecule has 0 aliphatic carbocycles. The Morgan fingerprint density at radius 2 is 1.82 bits per heavy atom. The third-order valence-electron chi connectivity index (χ3n) is 3.83. The maximum Gasteiger partial charge on any atom is 0.192 e. The van der Waals surface area contributed by atoms with Crippen LogP contribution in [0, 0.1) is 0 Å². The third-order valence-corrected chi connectivity index (χ3v) is 8.36. The number of hydrogen-bond donors (Lipinski definition) is 0. The van der Waals surface area contributed by atoms with Gasteiger partial charge in [-0.2, -0.15) is 0 Å². The molecule has 0 aromatic carbocycles. The van der Waals surface area contributed by atoms with Gasteiger partial charge in [0.15, 0.2) is 8.32 Å². The fraction of sp³-hybridized carbons (Fsp3) is 0.867. The molecule has 1 atom stereocenters. The highest BCUT2D eigenvalue weighted by molar-refractivity contribution is 6.74. The third kappa shape index (κ3) is 6.42. The predicted molar refractivity (Wildman–Crippen MR) is 81.0 cm³/mol. The second-order valence-electron chi connectivity index (χ2n) is 6.52. The van der Waals surface area contributed by atoms with E-state index in [1.807, 2.05) is 6.08 Å². The van der Waals surface area contributed by atoms with Crippen LogP contribution in [0.25, 0.3) is 0 Å². The van der Waals surface area contributed by atoms with Crippen molar-refractivity contribution in [1.82, 2.24) is 0 Å². The van der Waals surface area contributed by atoms with Crippen molar-refractivity contribution in [2.75, 3.05) is 0 Å². The summed E-state index contributed by atoms with van der Waals surface area (Å²) in [5.41, 5.74) is 0. The van der Waals surface area contributed by atoms with Gasteiger partial charge in [0.25, 0.3) is 0 Å². The monoisotopic (exact) mass is 256 g/mol. The van der Waals surface area contributed by atoms with Gasteiger partial charge < -0.3 is 4.43 Å². The fourth-order valence-electron chi connectivity index (χ4n) is 1.63. The summed E-state index contributed by atoms with van der Waals surface area (Å²) < 4.78 is 6.46. The minimum absolute atomic E-state index is 0.303. The smallest absolute Gasteiger partial charge is 0.192 e. The Bertz CT molecular complexity index is 215. The number of hydrogen-bond acceptors (Lipinski definition) is 1. The van der Waals surface area contributed by atoms with Gasteiger partial charge in [0.2, 0.25) is 0 Å². The molecule has 0 fully saturated rings. The van der Waals surface area contributed by atoms with E-state index < -0.39 is 8.32 Å². The Morgan fingerprint density at radius 3 is 2.24 bits per heavy atom. The van der Waals surface area contributed by atoms with E-state index in [4.69, 9.17) is 4.43 Å². The SMILES string of the molecule is C=CCC(CCCCC)O[Si](C)(C)C(C)(C)C. The predicted octanol–water partition coefficient (Wildman–Crippen LogP) is 5.53. The molecule has 1 nitrogen and oxygen atoms in total. The lowest BCUT2D eigenvalue weighted by Crippen LogP contribution is -2.43. The van der Waals surface area contributed by atoms with Gasteiger partial charge in [0, 0.05) is 6.10 Å². The van der Waals surface area contributed by atoms with Crippen LogP contribution in [-0.4, -0.2) is 14.4 Å². The quantitative estimate of drug-likeness (QED) is 0.315. The first-order valence-corrected chi connectivity index (χ1v) is 9.94. The molecule has 0 aliphatic rings. The molecule has 0 aliphatic heterocycles. The largest absolute Gasteiger partial charge is 0.414 e. The molecule has 0 spiro atoms. The highest BCUT2D eigenvalue weighted by atomic mass is 28.4. The van der Waals surface area contributed by atoms with Crippen molar-refractivity contribution in [2.45, 2.75) is 84.0 Å². The molecule has 17 heavy (non-hydrogen) atoms. The normalized spacial score (nSPS) is 14.7. The van der Waals surface area contributed by atoms with E-state index in [1.165, 1.54) is 25.7 Å². The van der Waals surface area contributed by atoms with Crippen molar-refractivity contribution in [2.24, 2.45) is 0 Å². The average Bonchev–Trinajstić information content (AvgIpc) is 2.16. The highest BCUT2D eigenvalue weighted by Gasteiger charge is 2.38. The lowest BCUT2D eigenvalue weighted by atomic mass is 10.1. The van der Waals surface area contributed by atoms with Crippen LogP contribution in [0.2, 0.25) is 18.1 Å². The first-order valence-electron chi connectivity index (χ1n) is 7.03. The van der Waals surface area contributed by atoms with Gasteiger partial charge in [0.05, 0.1) is 0 Å². The van der Waals surface area contributed by atoms with Gasteiger partial charge in [-0.05, 0) is 31.0 Å². The summed E-state index contributed by atoms with van der Waals surface area (Å²) in [5.74, 6) is 0. The Kier molecular flexibility index (Phi) is 7.34. The van der Waals surface area contributed by atoms with Crippen LogP contribution in [-0.2, 0) is 4.43 Å². The maximum atomic E-state index is 6.46. The van der Waals surface area contributed by atoms with Gasteiger partial charge in [-0.1, -0.05) is 53.0 Å². The summed E-state index contributed by atoms with van der Waals surface area (Å²) in [6.07, 6.45) is 8.45. The van der Waals surface area contributed by atoms with Gasteiger partial charge in [0.1, 0.15) is 0 Å². The fourth-order valence-corrected chi connectivity index (χ4v) is 3.03.